The van der Waals surface area contributed by atoms with Crippen LogP contribution in [0.3, 0.4) is 0 Å². The molecule has 1 saturated heterocycles. The third kappa shape index (κ3) is 5.22. The molecule has 0 saturated carbocycles. The number of carbonyl (C=O) groups is 1. The van der Waals surface area contributed by atoms with Crippen molar-refractivity contribution in [1.29, 1.82) is 0 Å². The zero-order valence-corrected chi connectivity index (χ0v) is 17.6. The number of aliphatic imine (C=N–C) groups is 1. The van der Waals surface area contributed by atoms with Crippen molar-refractivity contribution in [3.63, 3.8) is 0 Å². The summed E-state index contributed by atoms with van der Waals surface area (Å²) in [6, 6.07) is 19.6. The largest absolute Gasteiger partial charge is 0.573 e. The summed E-state index contributed by atoms with van der Waals surface area (Å²) in [7, 11) is 0. The van der Waals surface area contributed by atoms with Crippen LogP contribution in [-0.4, -0.2) is 18.0 Å². The minimum atomic E-state index is -4.82. The number of ether oxygens (including phenoxy) is 1. The lowest BCUT2D eigenvalue weighted by atomic mass is 10.0. The molecule has 0 aliphatic carbocycles. The third-order valence-corrected chi connectivity index (χ3v) is 5.38. The molecule has 33 heavy (non-hydrogen) atoms. The van der Waals surface area contributed by atoms with Gasteiger partial charge in [0.25, 0.3) is 5.91 Å². The normalized spacial score (nSPS) is 18.6. The first-order chi connectivity index (χ1) is 15.7. The molecular formula is C25H20F4N2O2. The van der Waals surface area contributed by atoms with Crippen molar-refractivity contribution in [2.75, 3.05) is 4.90 Å². The standard InChI is InChI=1S/C25H20F4N2O2/c1-16(17-6-3-2-4-7-17)30-22-15-23(18-8-5-9-19(26)14-18)31(24(22)32)20-10-12-21(13-11-20)33-25(27,28)29/h2-14,16,23H,15H2,1H3/t16-,23+/m1/s1. The molecule has 0 radical (unpaired) electrons. The fourth-order valence-electron chi connectivity index (χ4n) is 3.88. The maximum atomic E-state index is 13.9. The van der Waals surface area contributed by atoms with Crippen molar-refractivity contribution in [2.45, 2.75) is 31.8 Å². The van der Waals surface area contributed by atoms with Gasteiger partial charge in [-0.15, -0.1) is 13.2 Å². The molecule has 170 valence electrons. The molecule has 1 aliphatic heterocycles. The third-order valence-electron chi connectivity index (χ3n) is 5.38. The van der Waals surface area contributed by atoms with Gasteiger partial charge in [-0.05, 0) is 54.4 Å². The predicted octanol–water partition coefficient (Wildman–Crippen LogP) is 6.40. The Morgan fingerprint density at radius 2 is 1.70 bits per heavy atom. The highest BCUT2D eigenvalue weighted by Gasteiger charge is 2.39. The lowest BCUT2D eigenvalue weighted by Crippen LogP contribution is -2.29. The number of anilines is 1. The minimum Gasteiger partial charge on any atom is -0.406 e. The van der Waals surface area contributed by atoms with E-state index in [0.29, 0.717) is 17.0 Å². The smallest absolute Gasteiger partial charge is 0.406 e. The molecule has 2 atom stereocenters. The van der Waals surface area contributed by atoms with Gasteiger partial charge in [0.15, 0.2) is 0 Å². The summed E-state index contributed by atoms with van der Waals surface area (Å²) in [5, 5.41) is 0. The van der Waals surface area contributed by atoms with Crippen LogP contribution in [0.5, 0.6) is 5.75 Å². The van der Waals surface area contributed by atoms with Gasteiger partial charge in [0, 0.05) is 12.1 Å². The van der Waals surface area contributed by atoms with E-state index in [1.807, 2.05) is 37.3 Å². The van der Waals surface area contributed by atoms with Crippen LogP contribution in [-0.2, 0) is 4.79 Å². The molecule has 8 heteroatoms. The molecule has 0 spiro atoms. The van der Waals surface area contributed by atoms with Crippen LogP contribution in [0.1, 0.15) is 36.6 Å². The molecule has 3 aromatic rings. The molecule has 1 heterocycles. The molecule has 1 aliphatic rings. The molecule has 0 aromatic heterocycles. The number of nitrogens with zero attached hydrogens (tertiary/aromatic N) is 2. The van der Waals surface area contributed by atoms with Crippen LogP contribution < -0.4 is 9.64 Å². The lowest BCUT2D eigenvalue weighted by molar-refractivity contribution is -0.274. The maximum Gasteiger partial charge on any atom is 0.573 e. The summed E-state index contributed by atoms with van der Waals surface area (Å²) in [5.41, 5.74) is 2.18. The quantitative estimate of drug-likeness (QED) is 0.417. The van der Waals surface area contributed by atoms with Gasteiger partial charge >= 0.3 is 6.36 Å². The Hall–Kier alpha value is -3.68. The summed E-state index contributed by atoms with van der Waals surface area (Å²) in [4.78, 5) is 19.4. The number of hydrogen-bond donors (Lipinski definition) is 0. The van der Waals surface area contributed by atoms with Gasteiger partial charge in [-0.25, -0.2) is 4.39 Å². The highest BCUT2D eigenvalue weighted by molar-refractivity contribution is 6.46. The van der Waals surface area contributed by atoms with Gasteiger partial charge in [-0.3, -0.25) is 14.7 Å². The topological polar surface area (TPSA) is 41.9 Å². The monoisotopic (exact) mass is 456 g/mol. The van der Waals surface area contributed by atoms with E-state index in [4.69, 9.17) is 0 Å². The first kappa shape index (κ1) is 22.5. The van der Waals surface area contributed by atoms with Crippen molar-refractivity contribution in [1.82, 2.24) is 0 Å². The molecule has 0 bridgehead atoms. The van der Waals surface area contributed by atoms with E-state index in [9.17, 15) is 22.4 Å². The van der Waals surface area contributed by atoms with Crippen molar-refractivity contribution < 1.29 is 27.1 Å². The summed E-state index contributed by atoms with van der Waals surface area (Å²) in [6.07, 6.45) is -4.58. The second-order valence-corrected chi connectivity index (χ2v) is 7.65. The van der Waals surface area contributed by atoms with E-state index in [-0.39, 0.29) is 18.4 Å². The fraction of sp³-hybridized carbons (Fsp3) is 0.200. The van der Waals surface area contributed by atoms with Crippen LogP contribution in [0.4, 0.5) is 23.2 Å². The Balaban J connectivity index is 1.69. The van der Waals surface area contributed by atoms with E-state index in [1.165, 1.54) is 29.2 Å². The second-order valence-electron chi connectivity index (χ2n) is 7.65. The summed E-state index contributed by atoms with van der Waals surface area (Å²) < 4.78 is 55.4. The Bertz CT molecular complexity index is 1160. The zero-order chi connectivity index (χ0) is 23.6. The van der Waals surface area contributed by atoms with Crippen molar-refractivity contribution >= 4 is 17.3 Å². The Kier molecular flexibility index (Phi) is 6.18. The highest BCUT2D eigenvalue weighted by atomic mass is 19.4. The average molecular weight is 456 g/mol. The van der Waals surface area contributed by atoms with E-state index in [0.717, 1.165) is 17.7 Å². The van der Waals surface area contributed by atoms with Gasteiger partial charge in [0.2, 0.25) is 0 Å². The molecular weight excluding hydrogens is 436 g/mol. The number of hydrogen-bond acceptors (Lipinski definition) is 3. The predicted molar refractivity (Wildman–Crippen MR) is 117 cm³/mol. The number of benzene rings is 3. The van der Waals surface area contributed by atoms with Gasteiger partial charge in [0.1, 0.15) is 17.3 Å². The maximum absolute atomic E-state index is 13.9. The van der Waals surface area contributed by atoms with E-state index in [2.05, 4.69) is 9.73 Å². The van der Waals surface area contributed by atoms with Crippen molar-refractivity contribution in [2.24, 2.45) is 4.99 Å². The van der Waals surface area contributed by atoms with Crippen LogP contribution in [0.15, 0.2) is 83.9 Å². The summed E-state index contributed by atoms with van der Waals surface area (Å²) in [5.74, 6) is -1.22. The molecule has 4 rings (SSSR count). The highest BCUT2D eigenvalue weighted by Crippen LogP contribution is 2.38. The molecule has 4 nitrogen and oxygen atoms in total. The van der Waals surface area contributed by atoms with Crippen molar-refractivity contribution in [3.05, 3.63) is 95.8 Å². The molecule has 0 N–H and O–H groups in total. The van der Waals surface area contributed by atoms with Gasteiger partial charge < -0.3 is 4.74 Å². The molecule has 1 amide bonds. The number of alkyl halides is 3. The second kappa shape index (κ2) is 9.05. The number of amides is 1. The summed E-state index contributed by atoms with van der Waals surface area (Å²) >= 11 is 0. The summed E-state index contributed by atoms with van der Waals surface area (Å²) in [6.45, 7) is 1.87. The van der Waals surface area contributed by atoms with Gasteiger partial charge in [-0.1, -0.05) is 42.5 Å². The lowest BCUT2D eigenvalue weighted by Gasteiger charge is -2.25. The number of rotatable bonds is 5. The first-order valence-corrected chi connectivity index (χ1v) is 10.3. The minimum absolute atomic E-state index is 0.236. The van der Waals surface area contributed by atoms with E-state index < -0.39 is 24.0 Å². The van der Waals surface area contributed by atoms with Crippen LogP contribution in [0.25, 0.3) is 0 Å². The molecule has 3 aromatic carbocycles. The number of carbonyl (C=O) groups excluding carboxylic acids is 1. The van der Waals surface area contributed by atoms with E-state index in [1.54, 1.807) is 12.1 Å². The number of halogens is 4. The van der Waals surface area contributed by atoms with Crippen LogP contribution >= 0.6 is 0 Å². The first-order valence-electron chi connectivity index (χ1n) is 10.3. The SMILES string of the molecule is C[C@@H](N=C1C[C@@H](c2cccc(F)c2)N(c2ccc(OC(F)(F)F)cc2)C1=O)c1ccccc1. The van der Waals surface area contributed by atoms with Gasteiger partial charge in [-0.2, -0.15) is 0 Å². The van der Waals surface area contributed by atoms with E-state index >= 15 is 0 Å². The molecule has 0 unspecified atom stereocenters. The van der Waals surface area contributed by atoms with Crippen LogP contribution in [0.2, 0.25) is 0 Å². The Morgan fingerprint density at radius 1 is 1.00 bits per heavy atom. The van der Waals surface area contributed by atoms with Crippen LogP contribution in [0, 0.1) is 5.82 Å². The molecule has 1 fully saturated rings. The van der Waals surface area contributed by atoms with Crippen molar-refractivity contribution in [3.8, 4) is 5.75 Å². The zero-order valence-electron chi connectivity index (χ0n) is 17.6. The average Bonchev–Trinajstić information content (AvgIpc) is 3.10. The Morgan fingerprint density at radius 3 is 2.33 bits per heavy atom. The van der Waals surface area contributed by atoms with Gasteiger partial charge in [0.05, 0.1) is 12.1 Å². The Labute approximate surface area is 188 Å². The fourth-order valence-corrected chi connectivity index (χ4v) is 3.88.